The Balaban J connectivity index is 2.11. The number of anilines is 1. The average Bonchev–Trinajstić information content (AvgIpc) is 2.77. The number of nitrogen functional groups attached to an aromatic ring is 1. The number of aryl methyl sites for hydroxylation is 1. The summed E-state index contributed by atoms with van der Waals surface area (Å²) in [5.74, 6) is 0.589. The van der Waals surface area contributed by atoms with E-state index < -0.39 is 0 Å². The van der Waals surface area contributed by atoms with Crippen LogP contribution in [-0.4, -0.2) is 16.4 Å². The van der Waals surface area contributed by atoms with Crippen molar-refractivity contribution in [1.29, 1.82) is 0 Å². The smallest absolute Gasteiger partial charge is 0.151 e. The third-order valence-corrected chi connectivity index (χ3v) is 3.41. The summed E-state index contributed by atoms with van der Waals surface area (Å²) in [5.41, 5.74) is 10.6. The first-order valence-electron chi connectivity index (χ1n) is 6.33. The van der Waals surface area contributed by atoms with Crippen LogP contribution in [0.5, 0.6) is 0 Å². The Bertz CT molecular complexity index is 574. The molecule has 0 bridgehead atoms. The second kappa shape index (κ2) is 4.46. The van der Waals surface area contributed by atoms with Crippen LogP contribution >= 0.6 is 0 Å². The largest absolute Gasteiger partial charge is 0.382 e. The summed E-state index contributed by atoms with van der Waals surface area (Å²) in [5, 5.41) is 4.45. The Morgan fingerprint density at radius 3 is 3.17 bits per heavy atom. The third kappa shape index (κ3) is 1.78. The number of hydrogen-bond acceptors (Lipinski definition) is 3. The van der Waals surface area contributed by atoms with Crippen LogP contribution in [0.2, 0.25) is 0 Å². The molecule has 2 aromatic rings. The SMILES string of the molecule is CCc1cccc(-n2nc(N)c3c2CCOC3)c1. The van der Waals surface area contributed by atoms with Crippen LogP contribution < -0.4 is 5.73 Å². The maximum absolute atomic E-state index is 5.96. The molecule has 0 aliphatic carbocycles. The number of fused-ring (bicyclic) bond motifs is 1. The van der Waals surface area contributed by atoms with Crippen molar-refractivity contribution in [3.05, 3.63) is 41.1 Å². The molecular formula is C14H17N3O. The molecule has 0 radical (unpaired) electrons. The van der Waals surface area contributed by atoms with E-state index in [2.05, 4.69) is 36.3 Å². The fourth-order valence-electron chi connectivity index (χ4n) is 2.38. The van der Waals surface area contributed by atoms with E-state index in [9.17, 15) is 0 Å². The van der Waals surface area contributed by atoms with E-state index in [1.165, 1.54) is 11.3 Å². The van der Waals surface area contributed by atoms with Crippen molar-refractivity contribution in [2.45, 2.75) is 26.4 Å². The first-order valence-corrected chi connectivity index (χ1v) is 6.33. The summed E-state index contributed by atoms with van der Waals surface area (Å²) in [6.07, 6.45) is 1.89. The van der Waals surface area contributed by atoms with Gasteiger partial charge in [-0.05, 0) is 24.1 Å². The topological polar surface area (TPSA) is 53.1 Å². The van der Waals surface area contributed by atoms with Gasteiger partial charge in [0.25, 0.3) is 0 Å². The maximum Gasteiger partial charge on any atom is 0.151 e. The van der Waals surface area contributed by atoms with E-state index in [0.717, 1.165) is 30.7 Å². The maximum atomic E-state index is 5.96. The standard InChI is InChI=1S/C14H17N3O/c1-2-10-4-3-5-11(8-10)17-13-6-7-18-9-12(13)14(15)16-17/h3-5,8H,2,6-7,9H2,1H3,(H2,15,16). The van der Waals surface area contributed by atoms with Crippen LogP contribution in [0.1, 0.15) is 23.7 Å². The molecule has 1 aromatic heterocycles. The monoisotopic (exact) mass is 243 g/mol. The summed E-state index contributed by atoms with van der Waals surface area (Å²) in [6.45, 7) is 3.47. The second-order valence-corrected chi connectivity index (χ2v) is 4.55. The zero-order valence-corrected chi connectivity index (χ0v) is 10.5. The highest BCUT2D eigenvalue weighted by Crippen LogP contribution is 2.25. The summed E-state index contributed by atoms with van der Waals surface area (Å²) >= 11 is 0. The molecule has 18 heavy (non-hydrogen) atoms. The lowest BCUT2D eigenvalue weighted by atomic mass is 10.1. The van der Waals surface area contributed by atoms with E-state index in [1.807, 2.05) is 4.68 Å². The van der Waals surface area contributed by atoms with E-state index in [4.69, 9.17) is 10.5 Å². The molecule has 2 N–H and O–H groups in total. The quantitative estimate of drug-likeness (QED) is 0.878. The molecule has 94 valence electrons. The molecular weight excluding hydrogens is 226 g/mol. The Morgan fingerprint density at radius 1 is 1.44 bits per heavy atom. The minimum absolute atomic E-state index is 0.578. The van der Waals surface area contributed by atoms with Crippen molar-refractivity contribution in [1.82, 2.24) is 9.78 Å². The Morgan fingerprint density at radius 2 is 2.33 bits per heavy atom. The highest BCUT2D eigenvalue weighted by Gasteiger charge is 2.20. The van der Waals surface area contributed by atoms with Gasteiger partial charge in [-0.2, -0.15) is 5.10 Å². The summed E-state index contributed by atoms with van der Waals surface area (Å²) < 4.78 is 7.40. The predicted molar refractivity (Wildman–Crippen MR) is 70.7 cm³/mol. The van der Waals surface area contributed by atoms with Crippen LogP contribution in [0.25, 0.3) is 5.69 Å². The fraction of sp³-hybridized carbons (Fsp3) is 0.357. The van der Waals surface area contributed by atoms with Crippen LogP contribution in [0.15, 0.2) is 24.3 Å². The van der Waals surface area contributed by atoms with E-state index in [-0.39, 0.29) is 0 Å². The zero-order valence-electron chi connectivity index (χ0n) is 10.5. The normalized spacial score (nSPS) is 14.5. The fourth-order valence-corrected chi connectivity index (χ4v) is 2.38. The zero-order chi connectivity index (χ0) is 12.5. The predicted octanol–water partition coefficient (Wildman–Crippen LogP) is 2.09. The van der Waals surface area contributed by atoms with Crippen LogP contribution in [-0.2, 0) is 24.2 Å². The number of nitrogens with zero attached hydrogens (tertiary/aromatic N) is 2. The van der Waals surface area contributed by atoms with Crippen molar-refractivity contribution >= 4 is 5.82 Å². The lowest BCUT2D eigenvalue weighted by molar-refractivity contribution is 0.110. The van der Waals surface area contributed by atoms with Gasteiger partial charge < -0.3 is 10.5 Å². The third-order valence-electron chi connectivity index (χ3n) is 3.41. The van der Waals surface area contributed by atoms with Crippen LogP contribution in [0.3, 0.4) is 0 Å². The number of benzene rings is 1. The molecule has 1 aliphatic heterocycles. The number of aromatic nitrogens is 2. The van der Waals surface area contributed by atoms with Gasteiger partial charge in [0.2, 0.25) is 0 Å². The molecule has 0 saturated carbocycles. The molecule has 0 fully saturated rings. The average molecular weight is 243 g/mol. The highest BCUT2D eigenvalue weighted by atomic mass is 16.5. The van der Waals surface area contributed by atoms with Gasteiger partial charge in [-0.3, -0.25) is 0 Å². The van der Waals surface area contributed by atoms with Crippen molar-refractivity contribution in [2.75, 3.05) is 12.3 Å². The Kier molecular flexibility index (Phi) is 2.80. The molecule has 1 aromatic carbocycles. The Hall–Kier alpha value is -1.81. The van der Waals surface area contributed by atoms with Crippen molar-refractivity contribution < 1.29 is 4.74 Å². The second-order valence-electron chi connectivity index (χ2n) is 4.55. The molecule has 0 unspecified atom stereocenters. The molecule has 0 spiro atoms. The van der Waals surface area contributed by atoms with Crippen molar-refractivity contribution in [2.24, 2.45) is 0 Å². The van der Waals surface area contributed by atoms with Crippen molar-refractivity contribution in [3.63, 3.8) is 0 Å². The lowest BCUT2D eigenvalue weighted by Gasteiger charge is -2.15. The minimum Gasteiger partial charge on any atom is -0.382 e. The Labute approximate surface area is 106 Å². The molecule has 3 rings (SSSR count). The first kappa shape index (κ1) is 11.3. The molecule has 4 heteroatoms. The number of rotatable bonds is 2. The number of hydrogen-bond donors (Lipinski definition) is 1. The van der Waals surface area contributed by atoms with E-state index in [0.29, 0.717) is 12.4 Å². The van der Waals surface area contributed by atoms with Crippen LogP contribution in [0.4, 0.5) is 5.82 Å². The van der Waals surface area contributed by atoms with Crippen molar-refractivity contribution in [3.8, 4) is 5.69 Å². The van der Waals surface area contributed by atoms with Gasteiger partial charge in [-0.1, -0.05) is 19.1 Å². The molecule has 0 atom stereocenters. The molecule has 0 amide bonds. The number of ether oxygens (including phenoxy) is 1. The van der Waals surface area contributed by atoms with E-state index >= 15 is 0 Å². The van der Waals surface area contributed by atoms with Gasteiger partial charge >= 0.3 is 0 Å². The highest BCUT2D eigenvalue weighted by molar-refractivity contribution is 5.48. The molecule has 4 nitrogen and oxygen atoms in total. The van der Waals surface area contributed by atoms with Gasteiger partial charge in [-0.25, -0.2) is 4.68 Å². The van der Waals surface area contributed by atoms with Gasteiger partial charge in [0.05, 0.1) is 24.6 Å². The first-order chi connectivity index (χ1) is 8.79. The minimum atomic E-state index is 0.578. The summed E-state index contributed by atoms with van der Waals surface area (Å²) in [7, 11) is 0. The number of nitrogens with two attached hydrogens (primary N) is 1. The molecule has 2 heterocycles. The summed E-state index contributed by atoms with van der Waals surface area (Å²) in [4.78, 5) is 0. The van der Waals surface area contributed by atoms with E-state index in [1.54, 1.807) is 0 Å². The molecule has 1 aliphatic rings. The van der Waals surface area contributed by atoms with Gasteiger partial charge in [-0.15, -0.1) is 0 Å². The van der Waals surface area contributed by atoms with Gasteiger partial charge in [0.15, 0.2) is 5.82 Å². The van der Waals surface area contributed by atoms with Gasteiger partial charge in [0, 0.05) is 12.0 Å². The molecule has 0 saturated heterocycles. The summed E-state index contributed by atoms with van der Waals surface area (Å²) in [6, 6.07) is 8.44. The lowest BCUT2D eigenvalue weighted by Crippen LogP contribution is -2.13. The van der Waals surface area contributed by atoms with Gasteiger partial charge in [0.1, 0.15) is 0 Å². The van der Waals surface area contributed by atoms with Crippen LogP contribution in [0, 0.1) is 0 Å².